The minimum Gasteiger partial charge on any atom is -0.396 e. The Morgan fingerprint density at radius 3 is 2.42 bits per heavy atom. The van der Waals surface area contributed by atoms with Crippen LogP contribution in [0, 0.1) is 11.8 Å². The van der Waals surface area contributed by atoms with Gasteiger partial charge in [-0.3, -0.25) is 0 Å². The predicted molar refractivity (Wildman–Crippen MR) is 77.7 cm³/mol. The van der Waals surface area contributed by atoms with Crippen molar-refractivity contribution in [3.05, 3.63) is 12.3 Å². The Bertz CT molecular complexity index is 266. The van der Waals surface area contributed by atoms with Gasteiger partial charge in [0.25, 0.3) is 0 Å². The van der Waals surface area contributed by atoms with Crippen LogP contribution < -0.4 is 0 Å². The summed E-state index contributed by atoms with van der Waals surface area (Å²) in [5.41, 5.74) is 0. The van der Waals surface area contributed by atoms with Gasteiger partial charge in [0.1, 0.15) is 0 Å². The summed E-state index contributed by atoms with van der Waals surface area (Å²) in [7, 11) is 0. The third-order valence-corrected chi connectivity index (χ3v) is 4.64. The molecule has 3 nitrogen and oxygen atoms in total. The van der Waals surface area contributed by atoms with Crippen molar-refractivity contribution in [2.45, 2.75) is 57.5 Å². The van der Waals surface area contributed by atoms with E-state index >= 15 is 0 Å². The zero-order valence-electron chi connectivity index (χ0n) is 12.0. The first kappa shape index (κ1) is 14.9. The SMILES string of the molecule is OCCCCCC1CCN(C=CC2CC(O)C2)CC1. The molecule has 2 rings (SSSR count). The second-order valence-electron chi connectivity index (χ2n) is 6.28. The highest BCUT2D eigenvalue weighted by Crippen LogP contribution is 2.29. The van der Waals surface area contributed by atoms with Gasteiger partial charge in [-0.15, -0.1) is 0 Å². The number of nitrogens with zero attached hydrogens (tertiary/aromatic N) is 1. The molecule has 1 aliphatic carbocycles. The molecule has 0 unspecified atom stereocenters. The van der Waals surface area contributed by atoms with Gasteiger partial charge in [0.2, 0.25) is 0 Å². The van der Waals surface area contributed by atoms with Crippen molar-refractivity contribution in [3.63, 3.8) is 0 Å². The summed E-state index contributed by atoms with van der Waals surface area (Å²) in [6.45, 7) is 2.73. The smallest absolute Gasteiger partial charge is 0.0551 e. The Morgan fingerprint density at radius 1 is 1.05 bits per heavy atom. The summed E-state index contributed by atoms with van der Waals surface area (Å²) in [5.74, 6) is 1.51. The van der Waals surface area contributed by atoms with Crippen molar-refractivity contribution in [1.82, 2.24) is 4.90 Å². The van der Waals surface area contributed by atoms with Crippen LogP contribution in [0.1, 0.15) is 51.4 Å². The molecule has 0 bridgehead atoms. The van der Waals surface area contributed by atoms with Crippen LogP contribution in [0.15, 0.2) is 12.3 Å². The van der Waals surface area contributed by atoms with Crippen molar-refractivity contribution in [2.75, 3.05) is 19.7 Å². The van der Waals surface area contributed by atoms with E-state index in [1.54, 1.807) is 0 Å². The number of likely N-dealkylation sites (tertiary alicyclic amines) is 1. The van der Waals surface area contributed by atoms with E-state index in [1.807, 2.05) is 0 Å². The quantitative estimate of drug-likeness (QED) is 0.697. The Balaban J connectivity index is 1.54. The maximum absolute atomic E-state index is 9.25. The Kier molecular flexibility index (Phi) is 6.18. The summed E-state index contributed by atoms with van der Waals surface area (Å²) in [6, 6.07) is 0. The van der Waals surface area contributed by atoms with Crippen molar-refractivity contribution < 1.29 is 10.2 Å². The lowest BCUT2D eigenvalue weighted by Gasteiger charge is -2.33. The minimum absolute atomic E-state index is 0.0423. The standard InChI is InChI=1S/C16H29NO2/c18-11-3-1-2-4-14-5-8-17(9-6-14)10-7-15-12-16(19)13-15/h7,10,14-16,18-19H,1-6,8-9,11-13H2. The van der Waals surface area contributed by atoms with Crippen molar-refractivity contribution in [2.24, 2.45) is 11.8 Å². The van der Waals surface area contributed by atoms with Crippen LogP contribution in [0.25, 0.3) is 0 Å². The van der Waals surface area contributed by atoms with Crippen LogP contribution in [0.3, 0.4) is 0 Å². The average Bonchev–Trinajstić information content (AvgIpc) is 2.40. The van der Waals surface area contributed by atoms with Crippen molar-refractivity contribution >= 4 is 0 Å². The van der Waals surface area contributed by atoms with E-state index in [1.165, 1.54) is 45.2 Å². The number of unbranched alkanes of at least 4 members (excludes halogenated alkanes) is 2. The van der Waals surface area contributed by atoms with E-state index in [-0.39, 0.29) is 6.10 Å². The Hall–Kier alpha value is -0.540. The lowest BCUT2D eigenvalue weighted by molar-refractivity contribution is 0.0622. The summed E-state index contributed by atoms with van der Waals surface area (Å²) in [6.07, 6.45) is 13.8. The van der Waals surface area contributed by atoms with Gasteiger partial charge in [-0.2, -0.15) is 0 Å². The number of hydrogen-bond acceptors (Lipinski definition) is 3. The van der Waals surface area contributed by atoms with Gasteiger partial charge in [0.15, 0.2) is 0 Å². The molecular weight excluding hydrogens is 238 g/mol. The third kappa shape index (κ3) is 5.15. The van der Waals surface area contributed by atoms with Crippen molar-refractivity contribution in [1.29, 1.82) is 0 Å². The zero-order valence-corrected chi connectivity index (χ0v) is 12.0. The average molecular weight is 267 g/mol. The first-order valence-electron chi connectivity index (χ1n) is 7.99. The predicted octanol–water partition coefficient (Wildman–Crippen LogP) is 2.54. The third-order valence-electron chi connectivity index (χ3n) is 4.64. The molecule has 0 amide bonds. The van der Waals surface area contributed by atoms with E-state index in [9.17, 15) is 5.11 Å². The molecule has 0 atom stereocenters. The molecule has 0 radical (unpaired) electrons. The van der Waals surface area contributed by atoms with Gasteiger partial charge >= 0.3 is 0 Å². The van der Waals surface area contributed by atoms with Gasteiger partial charge in [-0.25, -0.2) is 0 Å². The number of rotatable bonds is 7. The molecule has 1 heterocycles. The highest BCUT2D eigenvalue weighted by molar-refractivity contribution is 4.96. The molecule has 1 saturated carbocycles. The molecule has 0 aromatic carbocycles. The molecule has 0 aromatic rings. The molecule has 19 heavy (non-hydrogen) atoms. The van der Waals surface area contributed by atoms with E-state index in [0.717, 1.165) is 25.2 Å². The van der Waals surface area contributed by atoms with Gasteiger partial charge in [-0.1, -0.05) is 25.3 Å². The molecule has 0 spiro atoms. The Morgan fingerprint density at radius 2 is 1.79 bits per heavy atom. The highest BCUT2D eigenvalue weighted by Gasteiger charge is 2.25. The summed E-state index contributed by atoms with van der Waals surface area (Å²) >= 11 is 0. The topological polar surface area (TPSA) is 43.7 Å². The van der Waals surface area contributed by atoms with Crippen molar-refractivity contribution in [3.8, 4) is 0 Å². The minimum atomic E-state index is -0.0423. The van der Waals surface area contributed by atoms with Crippen LogP contribution in [-0.2, 0) is 0 Å². The van der Waals surface area contributed by atoms with E-state index < -0.39 is 0 Å². The molecule has 2 N–H and O–H groups in total. The van der Waals surface area contributed by atoms with E-state index in [2.05, 4.69) is 17.2 Å². The van der Waals surface area contributed by atoms with Gasteiger partial charge in [0.05, 0.1) is 6.10 Å². The van der Waals surface area contributed by atoms with E-state index in [0.29, 0.717) is 12.5 Å². The number of hydrogen-bond donors (Lipinski definition) is 2. The molecule has 2 fully saturated rings. The number of piperidine rings is 1. The molecule has 2 aliphatic rings. The van der Waals surface area contributed by atoms with E-state index in [4.69, 9.17) is 5.11 Å². The van der Waals surface area contributed by atoms with Crippen LogP contribution in [0.4, 0.5) is 0 Å². The van der Waals surface area contributed by atoms with Crippen LogP contribution in [0.5, 0.6) is 0 Å². The van der Waals surface area contributed by atoms with Crippen LogP contribution in [-0.4, -0.2) is 40.9 Å². The molecular formula is C16H29NO2. The van der Waals surface area contributed by atoms with Crippen LogP contribution >= 0.6 is 0 Å². The maximum Gasteiger partial charge on any atom is 0.0551 e. The van der Waals surface area contributed by atoms with Gasteiger partial charge in [0, 0.05) is 19.7 Å². The lowest BCUT2D eigenvalue weighted by Crippen LogP contribution is -2.31. The van der Waals surface area contributed by atoms with Crippen LogP contribution in [0.2, 0.25) is 0 Å². The number of allylic oxidation sites excluding steroid dienone is 1. The molecule has 1 aliphatic heterocycles. The summed E-state index contributed by atoms with van der Waals surface area (Å²) in [5, 5.41) is 18.0. The normalized spacial score (nSPS) is 28.8. The fourth-order valence-corrected chi connectivity index (χ4v) is 3.14. The second kappa shape index (κ2) is 7.91. The summed E-state index contributed by atoms with van der Waals surface area (Å²) in [4.78, 5) is 2.44. The molecule has 110 valence electrons. The first-order valence-corrected chi connectivity index (χ1v) is 7.99. The number of aliphatic hydroxyl groups excluding tert-OH is 2. The van der Waals surface area contributed by atoms with Gasteiger partial charge < -0.3 is 15.1 Å². The first-order chi connectivity index (χ1) is 9.28. The number of aliphatic hydroxyl groups is 2. The molecule has 0 aromatic heterocycles. The molecule has 1 saturated heterocycles. The van der Waals surface area contributed by atoms with Gasteiger partial charge in [-0.05, 0) is 50.1 Å². The summed E-state index contributed by atoms with van der Waals surface area (Å²) < 4.78 is 0. The maximum atomic E-state index is 9.25. The Labute approximate surface area is 117 Å². The fraction of sp³-hybridized carbons (Fsp3) is 0.875. The second-order valence-corrected chi connectivity index (χ2v) is 6.28. The zero-order chi connectivity index (χ0) is 13.5. The largest absolute Gasteiger partial charge is 0.396 e. The lowest BCUT2D eigenvalue weighted by atomic mass is 9.82. The highest BCUT2D eigenvalue weighted by atomic mass is 16.3. The fourth-order valence-electron chi connectivity index (χ4n) is 3.14. The monoisotopic (exact) mass is 267 g/mol. The molecule has 3 heteroatoms.